The van der Waals surface area contributed by atoms with E-state index in [-0.39, 0.29) is 17.2 Å². The van der Waals surface area contributed by atoms with Gasteiger partial charge in [-0.25, -0.2) is 13.9 Å². The van der Waals surface area contributed by atoms with Crippen molar-refractivity contribution in [3.8, 4) is 5.75 Å². The van der Waals surface area contributed by atoms with Gasteiger partial charge >= 0.3 is 12.1 Å². The number of sulfonamides is 1. The number of aromatic nitrogens is 2. The van der Waals surface area contributed by atoms with Crippen LogP contribution in [0.2, 0.25) is 0 Å². The molecule has 12 nitrogen and oxygen atoms in total. The third kappa shape index (κ3) is 7.76. The summed E-state index contributed by atoms with van der Waals surface area (Å²) in [6, 6.07) is 5.97. The van der Waals surface area contributed by atoms with Gasteiger partial charge in [-0.15, -0.1) is 11.8 Å². The van der Waals surface area contributed by atoms with Gasteiger partial charge in [0.2, 0.25) is 0 Å². The van der Waals surface area contributed by atoms with Gasteiger partial charge in [0, 0.05) is 45.1 Å². The molecular formula is C26H37N5O7S2. The summed E-state index contributed by atoms with van der Waals surface area (Å²) in [5, 5.41) is 5.90. The third-order valence-corrected chi connectivity index (χ3v) is 8.91. The van der Waals surface area contributed by atoms with Crippen molar-refractivity contribution in [1.29, 1.82) is 0 Å². The van der Waals surface area contributed by atoms with Crippen molar-refractivity contribution in [3.05, 3.63) is 42.1 Å². The van der Waals surface area contributed by atoms with Gasteiger partial charge in [-0.05, 0) is 58.4 Å². The van der Waals surface area contributed by atoms with Gasteiger partial charge in [0.25, 0.3) is 15.9 Å². The molecule has 1 aliphatic rings. The average Bonchev–Trinajstić information content (AvgIpc) is 3.43. The molecule has 2 amide bonds. The summed E-state index contributed by atoms with van der Waals surface area (Å²) in [6.45, 7) is 8.78. The Morgan fingerprint density at radius 2 is 1.80 bits per heavy atom. The number of rotatable bonds is 8. The van der Waals surface area contributed by atoms with Crippen LogP contribution in [0.4, 0.5) is 4.79 Å². The number of esters is 1. The fourth-order valence-electron chi connectivity index (χ4n) is 3.79. The largest absolute Gasteiger partial charge is 0.458 e. The maximum atomic E-state index is 14.0. The molecule has 1 aliphatic heterocycles. The molecule has 1 aromatic heterocycles. The summed E-state index contributed by atoms with van der Waals surface area (Å²) in [6.07, 6.45) is 0.689. The SMILES string of the molecule is CN(C)C(=O)Oc1ccc(C[C@@H](C(=O)OC(C)(C)C)N(C(=O)[C@H]2NC(C)(C)CS2)S(=O)(=O)c2ccn(C)n2)cc1. The van der Waals surface area contributed by atoms with E-state index in [0.717, 1.165) is 0 Å². The van der Waals surface area contributed by atoms with E-state index in [2.05, 4.69) is 10.4 Å². The van der Waals surface area contributed by atoms with E-state index in [0.29, 0.717) is 15.6 Å². The highest BCUT2D eigenvalue weighted by atomic mass is 32.2. The number of nitrogens with one attached hydrogen (secondary N) is 1. The molecule has 0 bridgehead atoms. The molecule has 0 aliphatic carbocycles. The average molecular weight is 596 g/mol. The molecular weight excluding hydrogens is 558 g/mol. The second-order valence-electron chi connectivity index (χ2n) is 11.3. The van der Waals surface area contributed by atoms with Crippen molar-refractivity contribution < 1.29 is 32.3 Å². The minimum absolute atomic E-state index is 0.185. The van der Waals surface area contributed by atoms with Crippen LogP contribution in [-0.2, 0) is 37.8 Å². The fraction of sp³-hybridized carbons (Fsp3) is 0.538. The number of hydrogen-bond donors (Lipinski definition) is 1. The molecule has 2 heterocycles. The second kappa shape index (κ2) is 11.8. The predicted octanol–water partition coefficient (Wildman–Crippen LogP) is 2.39. The Kier molecular flexibility index (Phi) is 9.26. The normalized spacial score (nSPS) is 17.6. The van der Waals surface area contributed by atoms with Gasteiger partial charge in [0.05, 0.1) is 0 Å². The van der Waals surface area contributed by atoms with E-state index in [1.54, 1.807) is 54.0 Å². The van der Waals surface area contributed by atoms with Crippen LogP contribution < -0.4 is 10.1 Å². The lowest BCUT2D eigenvalue weighted by molar-refractivity contribution is -0.161. The standard InChI is InChI=1S/C26H37N5O7S2/c1-25(2,3)38-23(33)19(15-17-9-11-18(12-10-17)37-24(34)29(6)7)31(22(32)21-27-26(4,5)16-39-21)40(35,36)20-13-14-30(8)28-20/h9-14,19,21,27H,15-16H2,1-8H3/t19-,21-/m0/s1. The molecule has 14 heteroatoms. The first-order valence-electron chi connectivity index (χ1n) is 12.6. The molecule has 0 saturated carbocycles. The van der Waals surface area contributed by atoms with Gasteiger partial charge in [0.1, 0.15) is 22.8 Å². The Morgan fingerprint density at radius 1 is 1.18 bits per heavy atom. The minimum Gasteiger partial charge on any atom is -0.458 e. The van der Waals surface area contributed by atoms with Crippen LogP contribution in [0.5, 0.6) is 5.75 Å². The summed E-state index contributed by atoms with van der Waals surface area (Å²) in [5.41, 5.74) is -0.861. The Bertz CT molecular complexity index is 1350. The number of carbonyl (C=O) groups excluding carboxylic acids is 3. The number of benzene rings is 1. The summed E-state index contributed by atoms with van der Waals surface area (Å²) in [4.78, 5) is 40.7. The lowest BCUT2D eigenvalue weighted by Crippen LogP contribution is -2.56. The number of carbonyl (C=O) groups is 3. The zero-order valence-electron chi connectivity index (χ0n) is 24.0. The first kappa shape index (κ1) is 31.4. The molecule has 2 aromatic rings. The maximum absolute atomic E-state index is 14.0. The quantitative estimate of drug-likeness (QED) is 0.453. The number of amides is 2. The molecule has 0 spiro atoms. The zero-order valence-corrected chi connectivity index (χ0v) is 25.6. The van der Waals surface area contributed by atoms with E-state index in [1.165, 1.54) is 45.7 Å². The molecule has 1 fully saturated rings. The third-order valence-electron chi connectivity index (χ3n) is 5.67. The molecule has 1 N–H and O–H groups in total. The van der Waals surface area contributed by atoms with Crippen molar-refractivity contribution >= 4 is 39.8 Å². The van der Waals surface area contributed by atoms with Gasteiger partial charge in [-0.2, -0.15) is 13.5 Å². The highest BCUT2D eigenvalue weighted by Gasteiger charge is 2.47. The van der Waals surface area contributed by atoms with E-state index in [4.69, 9.17) is 9.47 Å². The van der Waals surface area contributed by atoms with Crippen LogP contribution in [0.3, 0.4) is 0 Å². The Morgan fingerprint density at radius 3 is 2.27 bits per heavy atom. The molecule has 1 saturated heterocycles. The maximum Gasteiger partial charge on any atom is 0.414 e. The molecule has 0 unspecified atom stereocenters. The Hall–Kier alpha value is -3.10. The number of ether oxygens (including phenoxy) is 2. The van der Waals surface area contributed by atoms with Gasteiger partial charge in [0.15, 0.2) is 5.03 Å². The highest BCUT2D eigenvalue weighted by molar-refractivity contribution is 8.01. The minimum atomic E-state index is -4.58. The van der Waals surface area contributed by atoms with Crippen LogP contribution in [0.25, 0.3) is 0 Å². The Balaban J connectivity index is 2.07. The molecule has 1 aromatic carbocycles. The summed E-state index contributed by atoms with van der Waals surface area (Å²) in [5.74, 6) is -0.857. The lowest BCUT2D eigenvalue weighted by atomic mass is 10.0. The van der Waals surface area contributed by atoms with E-state index in [9.17, 15) is 22.8 Å². The number of hydrogen-bond acceptors (Lipinski definition) is 10. The molecule has 0 radical (unpaired) electrons. The number of thioether (sulfide) groups is 1. The van der Waals surface area contributed by atoms with Gasteiger partial charge in [-0.1, -0.05) is 12.1 Å². The van der Waals surface area contributed by atoms with Crippen molar-refractivity contribution in [2.45, 2.75) is 68.6 Å². The predicted molar refractivity (Wildman–Crippen MR) is 150 cm³/mol. The monoisotopic (exact) mass is 595 g/mol. The highest BCUT2D eigenvalue weighted by Crippen LogP contribution is 2.31. The van der Waals surface area contributed by atoms with E-state index < -0.39 is 50.5 Å². The summed E-state index contributed by atoms with van der Waals surface area (Å²) < 4.78 is 40.7. The lowest BCUT2D eigenvalue weighted by Gasteiger charge is -2.33. The molecule has 2 atom stereocenters. The van der Waals surface area contributed by atoms with Crippen LogP contribution in [0, 0.1) is 0 Å². The first-order valence-corrected chi connectivity index (χ1v) is 15.1. The first-order chi connectivity index (χ1) is 18.4. The second-order valence-corrected chi connectivity index (χ2v) is 14.2. The van der Waals surface area contributed by atoms with Gasteiger partial charge < -0.3 is 14.4 Å². The van der Waals surface area contributed by atoms with Crippen LogP contribution in [-0.4, -0.2) is 87.8 Å². The summed E-state index contributed by atoms with van der Waals surface area (Å²) in [7, 11) is 0.0687. The van der Waals surface area contributed by atoms with Crippen molar-refractivity contribution in [2.75, 3.05) is 19.8 Å². The Labute approximate surface area is 239 Å². The number of nitrogens with zero attached hydrogens (tertiary/aromatic N) is 4. The van der Waals surface area contributed by atoms with Crippen LogP contribution in [0.15, 0.2) is 41.6 Å². The van der Waals surface area contributed by atoms with Crippen LogP contribution in [0.1, 0.15) is 40.2 Å². The topological polar surface area (TPSA) is 140 Å². The smallest absolute Gasteiger partial charge is 0.414 e. The summed E-state index contributed by atoms with van der Waals surface area (Å²) >= 11 is 1.26. The molecule has 220 valence electrons. The molecule has 40 heavy (non-hydrogen) atoms. The van der Waals surface area contributed by atoms with Gasteiger partial charge in [-0.3, -0.25) is 14.8 Å². The zero-order chi connectivity index (χ0) is 30.0. The molecule has 3 rings (SSSR count). The van der Waals surface area contributed by atoms with E-state index >= 15 is 0 Å². The van der Waals surface area contributed by atoms with Crippen molar-refractivity contribution in [1.82, 2.24) is 24.3 Å². The van der Waals surface area contributed by atoms with Crippen LogP contribution >= 0.6 is 11.8 Å². The van der Waals surface area contributed by atoms with Crippen molar-refractivity contribution in [2.24, 2.45) is 7.05 Å². The number of aryl methyl sites for hydroxylation is 1. The van der Waals surface area contributed by atoms with Crippen molar-refractivity contribution in [3.63, 3.8) is 0 Å². The van der Waals surface area contributed by atoms with E-state index in [1.807, 2.05) is 13.8 Å². The fourth-order valence-corrected chi connectivity index (χ4v) is 6.69.